The predicted octanol–water partition coefficient (Wildman–Crippen LogP) is 2.48. The average Bonchev–Trinajstić information content (AvgIpc) is 3.27. The van der Waals surface area contributed by atoms with E-state index in [2.05, 4.69) is 23.2 Å². The molecular weight excluding hydrogens is 407 g/mol. The number of halogens is 3. The van der Waals surface area contributed by atoms with Gasteiger partial charge in [0.15, 0.2) is 0 Å². The highest BCUT2D eigenvalue weighted by Gasteiger charge is 2.44. The van der Waals surface area contributed by atoms with Gasteiger partial charge in [-0.2, -0.15) is 13.2 Å². The molecule has 0 saturated carbocycles. The van der Waals surface area contributed by atoms with E-state index in [0.29, 0.717) is 6.04 Å². The van der Waals surface area contributed by atoms with E-state index in [1.807, 2.05) is 6.07 Å². The summed E-state index contributed by atoms with van der Waals surface area (Å²) in [4.78, 5) is 24.9. The highest BCUT2D eigenvalue weighted by atomic mass is 19.4. The number of furan rings is 1. The Balaban J connectivity index is 0.000000396. The molecule has 0 bridgehead atoms. The number of aryl methyl sites for hydroxylation is 1. The highest BCUT2D eigenvalue weighted by Crippen LogP contribution is 2.30. The fourth-order valence-corrected chi connectivity index (χ4v) is 3.55. The van der Waals surface area contributed by atoms with Gasteiger partial charge in [-0.25, -0.2) is 9.59 Å². The van der Waals surface area contributed by atoms with Crippen molar-refractivity contribution in [2.24, 2.45) is 0 Å². The van der Waals surface area contributed by atoms with Gasteiger partial charge in [0.25, 0.3) is 0 Å². The molecule has 11 heteroatoms. The van der Waals surface area contributed by atoms with Gasteiger partial charge in [0.1, 0.15) is 11.5 Å². The van der Waals surface area contributed by atoms with E-state index >= 15 is 0 Å². The molecule has 3 rings (SSSR count). The number of fused-ring (bicyclic) bond motifs is 1. The lowest BCUT2D eigenvalue weighted by molar-refractivity contribution is -0.192. The molecule has 3 atom stereocenters. The largest absolute Gasteiger partial charge is 0.490 e. The van der Waals surface area contributed by atoms with Gasteiger partial charge in [-0.05, 0) is 25.0 Å². The number of alkyl halides is 3. The first-order valence-electron chi connectivity index (χ1n) is 9.74. The molecule has 2 fully saturated rings. The van der Waals surface area contributed by atoms with Crippen molar-refractivity contribution in [1.29, 1.82) is 0 Å². The molecule has 0 aliphatic carbocycles. The summed E-state index contributed by atoms with van der Waals surface area (Å²) in [6, 6.07) is 4.44. The number of nitrogens with one attached hydrogen (secondary N) is 1. The number of hydrogen-bond donors (Lipinski definition) is 2. The minimum atomic E-state index is -5.08. The van der Waals surface area contributed by atoms with Crippen LogP contribution in [-0.2, 0) is 22.5 Å². The summed E-state index contributed by atoms with van der Waals surface area (Å²) in [5.41, 5.74) is 0. The number of carbonyl (C=O) groups excluding carboxylic acids is 1. The van der Waals surface area contributed by atoms with Crippen LogP contribution in [0.5, 0.6) is 0 Å². The second-order valence-corrected chi connectivity index (χ2v) is 7.45. The molecule has 0 aromatic carbocycles. The second-order valence-electron chi connectivity index (χ2n) is 7.45. The van der Waals surface area contributed by atoms with Crippen LogP contribution in [-0.4, -0.2) is 78.5 Å². The van der Waals surface area contributed by atoms with Crippen LogP contribution in [0.1, 0.15) is 31.3 Å². The van der Waals surface area contributed by atoms with E-state index in [4.69, 9.17) is 19.1 Å². The van der Waals surface area contributed by atoms with Crippen LogP contribution in [0.4, 0.5) is 18.0 Å². The normalized spacial score (nSPS) is 23.9. The van der Waals surface area contributed by atoms with Crippen LogP contribution in [0.25, 0.3) is 0 Å². The summed E-state index contributed by atoms with van der Waals surface area (Å²) in [7, 11) is 3.52. The smallest absolute Gasteiger partial charge is 0.475 e. The van der Waals surface area contributed by atoms with E-state index in [9.17, 15) is 18.0 Å². The third-order valence-corrected chi connectivity index (χ3v) is 5.01. The van der Waals surface area contributed by atoms with Crippen LogP contribution in [0.2, 0.25) is 0 Å². The van der Waals surface area contributed by atoms with Gasteiger partial charge in [-0.15, -0.1) is 0 Å². The van der Waals surface area contributed by atoms with Crippen molar-refractivity contribution >= 4 is 12.0 Å². The Bertz CT molecular complexity index is 723. The molecule has 2 aliphatic heterocycles. The summed E-state index contributed by atoms with van der Waals surface area (Å²) >= 11 is 0. The molecule has 2 aliphatic rings. The van der Waals surface area contributed by atoms with Crippen LogP contribution in [0.3, 0.4) is 0 Å². The quantitative estimate of drug-likeness (QED) is 0.755. The zero-order valence-electron chi connectivity index (χ0n) is 17.2. The number of carboxylic acid groups (broad SMARTS) is 1. The second kappa shape index (κ2) is 10.2. The van der Waals surface area contributed by atoms with Gasteiger partial charge in [-0.3, -0.25) is 4.90 Å². The number of carbonyl (C=O) groups is 2. The maximum absolute atomic E-state index is 12.0. The van der Waals surface area contributed by atoms with Crippen molar-refractivity contribution < 1.29 is 37.0 Å². The van der Waals surface area contributed by atoms with Gasteiger partial charge < -0.3 is 24.5 Å². The molecule has 8 nitrogen and oxygen atoms in total. The van der Waals surface area contributed by atoms with E-state index in [1.165, 1.54) is 0 Å². The van der Waals surface area contributed by atoms with Crippen molar-refractivity contribution in [2.45, 2.75) is 57.1 Å². The SMILES string of the molecule is CCc1ccc(CN2C[C@H](NC(=O)N(C)C)[C@@H]3OCCC[C@@H]32)o1.O=C(O)C(F)(F)F. The molecule has 170 valence electrons. The summed E-state index contributed by atoms with van der Waals surface area (Å²) in [6.07, 6.45) is -1.91. The Labute approximate surface area is 172 Å². The topological polar surface area (TPSA) is 95.3 Å². The van der Waals surface area contributed by atoms with Crippen LogP contribution >= 0.6 is 0 Å². The molecule has 2 N–H and O–H groups in total. The zero-order chi connectivity index (χ0) is 22.5. The fourth-order valence-electron chi connectivity index (χ4n) is 3.55. The van der Waals surface area contributed by atoms with Crippen LogP contribution in [0, 0.1) is 0 Å². The molecule has 1 aromatic heterocycles. The van der Waals surface area contributed by atoms with Crippen molar-refractivity contribution in [3.63, 3.8) is 0 Å². The highest BCUT2D eigenvalue weighted by molar-refractivity contribution is 5.74. The molecule has 0 radical (unpaired) electrons. The molecule has 0 unspecified atom stereocenters. The predicted molar refractivity (Wildman–Crippen MR) is 101 cm³/mol. The monoisotopic (exact) mass is 435 g/mol. The first-order valence-corrected chi connectivity index (χ1v) is 9.74. The van der Waals surface area contributed by atoms with Gasteiger partial charge >= 0.3 is 18.2 Å². The third-order valence-electron chi connectivity index (χ3n) is 5.01. The number of urea groups is 1. The first-order chi connectivity index (χ1) is 14.0. The molecule has 2 amide bonds. The third kappa shape index (κ3) is 6.36. The molecule has 1 aromatic rings. The van der Waals surface area contributed by atoms with Crippen LogP contribution in [0.15, 0.2) is 16.5 Å². The Hall–Kier alpha value is -2.27. The van der Waals surface area contributed by atoms with Crippen molar-refractivity contribution in [3.05, 3.63) is 23.7 Å². The number of carboxylic acids is 1. The Morgan fingerprint density at radius 3 is 2.47 bits per heavy atom. The fraction of sp³-hybridized carbons (Fsp3) is 0.684. The van der Waals surface area contributed by atoms with E-state index < -0.39 is 12.1 Å². The standard InChI is InChI=1S/C17H27N3O3.C2HF3O2/c1-4-12-7-8-13(23-12)10-20-11-14(18-17(21)19(2)3)16-15(20)6-5-9-22-16;3-2(4,5)1(6)7/h7-8,14-16H,4-6,9-11H2,1-3H3,(H,18,21);(H,6,7)/t14-,15-,16-;/m0./s1. The minimum Gasteiger partial charge on any atom is -0.475 e. The molecule has 30 heavy (non-hydrogen) atoms. The number of ether oxygens (including phenoxy) is 1. The van der Waals surface area contributed by atoms with Crippen molar-refractivity contribution in [2.75, 3.05) is 27.2 Å². The summed E-state index contributed by atoms with van der Waals surface area (Å²) in [5.74, 6) is -0.744. The number of nitrogens with zero attached hydrogens (tertiary/aromatic N) is 2. The zero-order valence-corrected chi connectivity index (χ0v) is 17.2. The van der Waals surface area contributed by atoms with Gasteiger partial charge in [0.05, 0.1) is 18.7 Å². The van der Waals surface area contributed by atoms with Crippen LogP contribution < -0.4 is 5.32 Å². The van der Waals surface area contributed by atoms with E-state index in [1.54, 1.807) is 19.0 Å². The summed E-state index contributed by atoms with van der Waals surface area (Å²) in [6.45, 7) is 4.45. The summed E-state index contributed by atoms with van der Waals surface area (Å²) in [5, 5.41) is 10.2. The Kier molecular flexibility index (Phi) is 8.13. The Morgan fingerprint density at radius 2 is 1.93 bits per heavy atom. The molecular formula is C19H28F3N3O5. The van der Waals surface area contributed by atoms with Crippen molar-refractivity contribution in [3.8, 4) is 0 Å². The van der Waals surface area contributed by atoms with Gasteiger partial charge in [0.2, 0.25) is 0 Å². The average molecular weight is 435 g/mol. The molecule has 2 saturated heterocycles. The summed E-state index contributed by atoms with van der Waals surface area (Å²) < 4.78 is 43.6. The van der Waals surface area contributed by atoms with E-state index in [0.717, 1.165) is 50.5 Å². The molecule has 3 heterocycles. The number of rotatable bonds is 4. The lowest BCUT2D eigenvalue weighted by Crippen LogP contribution is -2.50. The maximum atomic E-state index is 12.0. The Morgan fingerprint density at radius 1 is 1.30 bits per heavy atom. The number of aliphatic carboxylic acids is 1. The first kappa shape index (κ1) is 24.0. The van der Waals surface area contributed by atoms with Gasteiger partial charge in [0, 0.05) is 39.7 Å². The van der Waals surface area contributed by atoms with Gasteiger partial charge in [-0.1, -0.05) is 6.92 Å². The maximum Gasteiger partial charge on any atom is 0.490 e. The minimum absolute atomic E-state index is 0.0378. The number of hydrogen-bond acceptors (Lipinski definition) is 5. The lowest BCUT2D eigenvalue weighted by Gasteiger charge is -2.32. The van der Waals surface area contributed by atoms with Crippen molar-refractivity contribution in [1.82, 2.24) is 15.1 Å². The molecule has 0 spiro atoms. The number of amides is 2. The van der Waals surface area contributed by atoms with E-state index in [-0.39, 0.29) is 18.2 Å². The lowest BCUT2D eigenvalue weighted by atomic mass is 10.0. The number of likely N-dealkylation sites (tertiary alicyclic amines) is 1.